The smallest absolute Gasteiger partial charge is 0.274 e. The summed E-state index contributed by atoms with van der Waals surface area (Å²) >= 11 is 1.71. The summed E-state index contributed by atoms with van der Waals surface area (Å²) in [6.45, 7) is 4.96. The first-order valence-electron chi connectivity index (χ1n) is 8.02. The van der Waals surface area contributed by atoms with Crippen LogP contribution in [-0.4, -0.2) is 51.8 Å². The van der Waals surface area contributed by atoms with E-state index in [1.54, 1.807) is 16.0 Å². The Morgan fingerprint density at radius 2 is 1.92 bits per heavy atom. The lowest BCUT2D eigenvalue weighted by Gasteiger charge is -2.34. The van der Waals surface area contributed by atoms with Gasteiger partial charge < -0.3 is 9.80 Å². The Morgan fingerprint density at radius 1 is 1.17 bits per heavy atom. The Bertz CT molecular complexity index is 839. The molecule has 0 aliphatic carbocycles. The van der Waals surface area contributed by atoms with E-state index in [0.29, 0.717) is 18.8 Å². The van der Waals surface area contributed by atoms with Crippen molar-refractivity contribution in [3.8, 4) is 0 Å². The topological polar surface area (TPSA) is 54.3 Å². The van der Waals surface area contributed by atoms with E-state index in [9.17, 15) is 4.79 Å². The van der Waals surface area contributed by atoms with Gasteiger partial charge in [-0.2, -0.15) is 5.10 Å². The molecule has 0 N–H and O–H groups in total. The fraction of sp³-hybridized carbons (Fsp3) is 0.353. The van der Waals surface area contributed by atoms with Gasteiger partial charge in [0.25, 0.3) is 5.91 Å². The summed E-state index contributed by atoms with van der Waals surface area (Å²) < 4.78 is 2.94. The molecule has 4 rings (SSSR count). The number of hydrogen-bond acceptors (Lipinski definition) is 5. The molecule has 0 bridgehead atoms. The maximum absolute atomic E-state index is 12.6. The SMILES string of the molecule is Cc1cc(C(=O)N2CCN(c3nc4ccccc4s3)CC2)nn1C. The molecule has 7 heteroatoms. The lowest BCUT2D eigenvalue weighted by atomic mass is 10.2. The average Bonchev–Trinajstić information content (AvgIpc) is 3.18. The van der Waals surface area contributed by atoms with Gasteiger partial charge in [0.1, 0.15) is 0 Å². The molecule has 0 radical (unpaired) electrons. The third kappa shape index (κ3) is 2.65. The Morgan fingerprint density at radius 3 is 2.58 bits per heavy atom. The highest BCUT2D eigenvalue weighted by Crippen LogP contribution is 2.29. The van der Waals surface area contributed by atoms with Gasteiger partial charge in [-0.1, -0.05) is 23.5 Å². The molecule has 3 aromatic rings. The minimum Gasteiger partial charge on any atom is -0.345 e. The van der Waals surface area contributed by atoms with Gasteiger partial charge in [0.2, 0.25) is 0 Å². The van der Waals surface area contributed by atoms with Gasteiger partial charge in [0, 0.05) is 38.9 Å². The van der Waals surface area contributed by atoms with Crippen molar-refractivity contribution in [1.29, 1.82) is 0 Å². The fourth-order valence-electron chi connectivity index (χ4n) is 2.92. The number of amides is 1. The lowest BCUT2D eigenvalue weighted by molar-refractivity contribution is 0.0740. The number of nitrogens with zero attached hydrogens (tertiary/aromatic N) is 5. The van der Waals surface area contributed by atoms with Crippen LogP contribution < -0.4 is 4.90 Å². The molecule has 1 aromatic carbocycles. The fourth-order valence-corrected chi connectivity index (χ4v) is 3.94. The highest BCUT2D eigenvalue weighted by Gasteiger charge is 2.25. The van der Waals surface area contributed by atoms with Gasteiger partial charge in [-0.05, 0) is 25.1 Å². The van der Waals surface area contributed by atoms with Crippen molar-refractivity contribution in [3.63, 3.8) is 0 Å². The van der Waals surface area contributed by atoms with Crippen LogP contribution in [0.25, 0.3) is 10.2 Å². The van der Waals surface area contributed by atoms with Crippen molar-refractivity contribution < 1.29 is 4.79 Å². The van der Waals surface area contributed by atoms with Crippen LogP contribution in [-0.2, 0) is 7.05 Å². The van der Waals surface area contributed by atoms with Crippen LogP contribution in [0.15, 0.2) is 30.3 Å². The number of benzene rings is 1. The third-order valence-electron chi connectivity index (χ3n) is 4.45. The van der Waals surface area contributed by atoms with Crippen molar-refractivity contribution in [3.05, 3.63) is 41.7 Å². The molecule has 0 saturated carbocycles. The summed E-state index contributed by atoms with van der Waals surface area (Å²) in [5, 5.41) is 5.33. The van der Waals surface area contributed by atoms with E-state index in [1.807, 2.05) is 43.1 Å². The Hall–Kier alpha value is -2.41. The number of anilines is 1. The van der Waals surface area contributed by atoms with E-state index in [-0.39, 0.29) is 5.91 Å². The summed E-state index contributed by atoms with van der Waals surface area (Å²) in [6, 6.07) is 10.0. The number of aryl methyl sites for hydroxylation is 2. The molecule has 1 aliphatic heterocycles. The normalized spacial score (nSPS) is 15.2. The first kappa shape index (κ1) is 15.1. The Balaban J connectivity index is 1.45. The zero-order chi connectivity index (χ0) is 16.7. The van der Waals surface area contributed by atoms with Gasteiger partial charge in [0.05, 0.1) is 10.2 Å². The molecular weight excluding hydrogens is 322 g/mol. The number of hydrogen-bond donors (Lipinski definition) is 0. The Kier molecular flexibility index (Phi) is 3.72. The summed E-state index contributed by atoms with van der Waals surface area (Å²) in [4.78, 5) is 21.4. The van der Waals surface area contributed by atoms with Crippen molar-refractivity contribution >= 4 is 32.6 Å². The number of aromatic nitrogens is 3. The van der Waals surface area contributed by atoms with Crippen LogP contribution in [0.1, 0.15) is 16.2 Å². The zero-order valence-electron chi connectivity index (χ0n) is 13.8. The van der Waals surface area contributed by atoms with E-state index in [4.69, 9.17) is 4.98 Å². The second-order valence-electron chi connectivity index (χ2n) is 6.04. The van der Waals surface area contributed by atoms with Gasteiger partial charge in [0.15, 0.2) is 10.8 Å². The molecule has 1 fully saturated rings. The molecule has 1 amide bonds. The van der Waals surface area contributed by atoms with Crippen LogP contribution in [0.5, 0.6) is 0 Å². The highest BCUT2D eigenvalue weighted by molar-refractivity contribution is 7.22. The molecule has 1 aliphatic rings. The van der Waals surface area contributed by atoms with Crippen molar-refractivity contribution in [1.82, 2.24) is 19.7 Å². The predicted molar refractivity (Wildman–Crippen MR) is 95.7 cm³/mol. The molecule has 0 unspecified atom stereocenters. The van der Waals surface area contributed by atoms with Gasteiger partial charge in [-0.3, -0.25) is 9.48 Å². The van der Waals surface area contributed by atoms with Crippen LogP contribution >= 0.6 is 11.3 Å². The zero-order valence-corrected chi connectivity index (χ0v) is 14.6. The summed E-state index contributed by atoms with van der Waals surface area (Å²) in [5.74, 6) is 0.0163. The summed E-state index contributed by atoms with van der Waals surface area (Å²) in [6.07, 6.45) is 0. The van der Waals surface area contributed by atoms with Crippen molar-refractivity contribution in [2.24, 2.45) is 7.05 Å². The molecule has 6 nitrogen and oxygen atoms in total. The minimum atomic E-state index is 0.0163. The summed E-state index contributed by atoms with van der Waals surface area (Å²) in [7, 11) is 1.86. The second-order valence-corrected chi connectivity index (χ2v) is 7.05. The molecule has 3 heterocycles. The average molecular weight is 341 g/mol. The third-order valence-corrected chi connectivity index (χ3v) is 5.55. The lowest BCUT2D eigenvalue weighted by Crippen LogP contribution is -2.48. The van der Waals surface area contributed by atoms with Gasteiger partial charge in [-0.25, -0.2) is 4.98 Å². The van der Waals surface area contributed by atoms with Crippen molar-refractivity contribution in [2.75, 3.05) is 31.1 Å². The number of para-hydroxylation sites is 1. The first-order chi connectivity index (χ1) is 11.6. The number of fused-ring (bicyclic) bond motifs is 1. The van der Waals surface area contributed by atoms with Crippen LogP contribution in [0.3, 0.4) is 0 Å². The maximum atomic E-state index is 12.6. The largest absolute Gasteiger partial charge is 0.345 e. The van der Waals surface area contributed by atoms with Crippen LogP contribution in [0.2, 0.25) is 0 Å². The monoisotopic (exact) mass is 341 g/mol. The second kappa shape index (κ2) is 5.90. The maximum Gasteiger partial charge on any atom is 0.274 e. The van der Waals surface area contributed by atoms with E-state index in [2.05, 4.69) is 16.1 Å². The molecule has 24 heavy (non-hydrogen) atoms. The number of thiazole rings is 1. The molecule has 124 valence electrons. The number of carbonyl (C=O) groups is 1. The molecule has 0 atom stereocenters. The number of rotatable bonds is 2. The predicted octanol–water partition coefficient (Wildman–Crippen LogP) is 2.30. The van der Waals surface area contributed by atoms with Crippen LogP contribution in [0.4, 0.5) is 5.13 Å². The van der Waals surface area contributed by atoms with Gasteiger partial charge in [-0.15, -0.1) is 0 Å². The molecular formula is C17H19N5OS. The first-order valence-corrected chi connectivity index (χ1v) is 8.84. The standard InChI is InChI=1S/C17H19N5OS/c1-12-11-14(19-20(12)2)16(23)21-7-9-22(10-8-21)17-18-13-5-3-4-6-15(13)24-17/h3-6,11H,7-10H2,1-2H3. The van der Waals surface area contributed by atoms with Gasteiger partial charge >= 0.3 is 0 Å². The minimum absolute atomic E-state index is 0.0163. The quantitative estimate of drug-likeness (QED) is 0.718. The van der Waals surface area contributed by atoms with Crippen LogP contribution in [0, 0.1) is 6.92 Å². The number of piperazine rings is 1. The summed E-state index contributed by atoms with van der Waals surface area (Å²) in [5.41, 5.74) is 2.56. The Labute approximate surface area is 144 Å². The van der Waals surface area contributed by atoms with E-state index >= 15 is 0 Å². The van der Waals surface area contributed by atoms with Crippen molar-refractivity contribution in [2.45, 2.75) is 6.92 Å². The molecule has 2 aromatic heterocycles. The molecule has 1 saturated heterocycles. The van der Waals surface area contributed by atoms with E-state index < -0.39 is 0 Å². The van der Waals surface area contributed by atoms with E-state index in [1.165, 1.54) is 4.70 Å². The highest BCUT2D eigenvalue weighted by atomic mass is 32.1. The molecule has 0 spiro atoms. The number of carbonyl (C=O) groups excluding carboxylic acids is 1. The van der Waals surface area contributed by atoms with E-state index in [0.717, 1.165) is 29.4 Å².